The first-order valence-electron chi connectivity index (χ1n) is 19.8. The zero-order valence-electron chi connectivity index (χ0n) is 33.0. The number of carboxylic acids is 2. The van der Waals surface area contributed by atoms with Crippen LogP contribution >= 0.6 is 0 Å². The van der Waals surface area contributed by atoms with Crippen molar-refractivity contribution in [2.45, 2.75) is 51.4 Å². The van der Waals surface area contributed by atoms with E-state index in [2.05, 4.69) is 72.8 Å². The normalized spacial score (nSPS) is 13.2. The van der Waals surface area contributed by atoms with E-state index in [1.807, 2.05) is 48.5 Å². The van der Waals surface area contributed by atoms with Gasteiger partial charge in [-0.2, -0.15) is 0 Å². The van der Waals surface area contributed by atoms with Crippen molar-refractivity contribution in [3.63, 3.8) is 0 Å². The molecule has 0 aromatic heterocycles. The molecule has 0 aliphatic heterocycles. The highest BCUT2D eigenvalue weighted by Crippen LogP contribution is 2.37. The number of hydrogen-bond acceptors (Lipinski definition) is 4. The molecular weight excluding hydrogens is 721 g/mol. The molecule has 58 heavy (non-hydrogen) atoms. The van der Waals surface area contributed by atoms with E-state index in [1.165, 1.54) is 55.7 Å². The fourth-order valence-corrected chi connectivity index (χ4v) is 8.01. The molecule has 0 saturated carbocycles. The van der Waals surface area contributed by atoms with Crippen molar-refractivity contribution in [2.24, 2.45) is 0 Å². The molecule has 8 rings (SSSR count). The van der Waals surface area contributed by atoms with E-state index in [0.29, 0.717) is 11.1 Å². The molecule has 0 heterocycles. The van der Waals surface area contributed by atoms with Crippen molar-refractivity contribution in [3.05, 3.63) is 206 Å². The van der Waals surface area contributed by atoms with E-state index in [-0.39, 0.29) is 0 Å². The van der Waals surface area contributed by atoms with Crippen molar-refractivity contribution in [1.82, 2.24) is 0 Å². The smallest absolute Gasteiger partial charge is 0.335 e. The summed E-state index contributed by atoms with van der Waals surface area (Å²) in [6.45, 7) is 0. The Kier molecular flexibility index (Phi) is 12.6. The molecule has 0 bridgehead atoms. The Labute approximate surface area is 340 Å². The van der Waals surface area contributed by atoms with Gasteiger partial charge in [-0.25, -0.2) is 9.59 Å². The molecule has 292 valence electrons. The van der Waals surface area contributed by atoms with Gasteiger partial charge in [0.15, 0.2) is 0 Å². The lowest BCUT2D eigenvalue weighted by atomic mass is 9.91. The summed E-state index contributed by atoms with van der Waals surface area (Å²) in [4.78, 5) is 22.1. The lowest BCUT2D eigenvalue weighted by molar-refractivity contribution is 0.0686. The number of allylic oxidation sites excluding steroid dienone is 3. The van der Waals surface area contributed by atoms with Crippen LogP contribution in [-0.4, -0.2) is 36.4 Å². The molecular formula is C52H48O6. The summed E-state index contributed by atoms with van der Waals surface area (Å²) in [5.74, 6) is -0.0192. The molecule has 6 nitrogen and oxygen atoms in total. The van der Waals surface area contributed by atoms with E-state index < -0.39 is 11.9 Å². The number of benzene rings is 6. The van der Waals surface area contributed by atoms with Crippen LogP contribution in [0.3, 0.4) is 0 Å². The highest BCUT2D eigenvalue weighted by Gasteiger charge is 2.20. The van der Waals surface area contributed by atoms with Crippen molar-refractivity contribution in [1.29, 1.82) is 0 Å². The molecule has 0 unspecified atom stereocenters. The van der Waals surface area contributed by atoms with E-state index in [0.717, 1.165) is 74.0 Å². The monoisotopic (exact) mass is 768 g/mol. The molecule has 6 heteroatoms. The minimum Gasteiger partial charge on any atom is -0.497 e. The third-order valence-corrected chi connectivity index (χ3v) is 11.1. The maximum Gasteiger partial charge on any atom is 0.335 e. The van der Waals surface area contributed by atoms with Crippen molar-refractivity contribution in [2.75, 3.05) is 14.2 Å². The third kappa shape index (κ3) is 9.64. The molecule has 6 aromatic rings. The predicted octanol–water partition coefficient (Wildman–Crippen LogP) is 11.0. The maximum atomic E-state index is 11.0. The van der Waals surface area contributed by atoms with Crippen LogP contribution in [0.4, 0.5) is 0 Å². The Morgan fingerprint density at radius 1 is 0.552 bits per heavy atom. The van der Waals surface area contributed by atoms with Crippen LogP contribution in [-0.2, 0) is 44.9 Å². The molecule has 2 aliphatic rings. The van der Waals surface area contributed by atoms with Crippen LogP contribution in [0.2, 0.25) is 0 Å². The molecule has 0 fully saturated rings. The first kappa shape index (κ1) is 39.6. The molecule has 0 saturated heterocycles. The highest BCUT2D eigenvalue weighted by molar-refractivity contribution is 5.88. The molecule has 0 spiro atoms. The molecule has 2 aliphatic carbocycles. The first-order chi connectivity index (χ1) is 28.3. The van der Waals surface area contributed by atoms with E-state index in [9.17, 15) is 9.59 Å². The van der Waals surface area contributed by atoms with Gasteiger partial charge in [0.25, 0.3) is 0 Å². The Balaban J connectivity index is 0.000000177. The lowest BCUT2D eigenvalue weighted by Crippen LogP contribution is -2.00. The van der Waals surface area contributed by atoms with Gasteiger partial charge in [0.2, 0.25) is 0 Å². The number of aromatic carboxylic acids is 2. The summed E-state index contributed by atoms with van der Waals surface area (Å²) in [6, 6.07) is 44.0. The lowest BCUT2D eigenvalue weighted by Gasteiger charge is -2.13. The van der Waals surface area contributed by atoms with E-state index in [1.54, 1.807) is 38.5 Å². The summed E-state index contributed by atoms with van der Waals surface area (Å²) in [6.07, 6.45) is 12.4. The SMILES string of the molecule is COc1ccc(C=C2CCc3cccc(CCc4ccc(C(=O)O)cc4)c32)cc1.COc1ccc(CC2=CCc3cccc(CCc4ccc(C(=O)O)cc4)c32)cc1. The van der Waals surface area contributed by atoms with Gasteiger partial charge in [-0.15, -0.1) is 0 Å². The minimum atomic E-state index is -0.884. The number of hydrogen-bond donors (Lipinski definition) is 2. The quantitative estimate of drug-likeness (QED) is 0.122. The van der Waals surface area contributed by atoms with Crippen molar-refractivity contribution in [3.8, 4) is 11.5 Å². The number of carbonyl (C=O) groups is 2. The molecule has 2 N–H and O–H groups in total. The summed E-state index contributed by atoms with van der Waals surface area (Å²) >= 11 is 0. The fourth-order valence-electron chi connectivity index (χ4n) is 8.01. The molecule has 6 aromatic carbocycles. The highest BCUT2D eigenvalue weighted by atomic mass is 16.5. The van der Waals surface area contributed by atoms with Gasteiger partial charge >= 0.3 is 11.9 Å². The van der Waals surface area contributed by atoms with Crippen molar-refractivity contribution >= 4 is 29.2 Å². The topological polar surface area (TPSA) is 93.1 Å². The van der Waals surface area contributed by atoms with Gasteiger partial charge in [-0.3, -0.25) is 0 Å². The number of carboxylic acid groups (broad SMARTS) is 2. The van der Waals surface area contributed by atoms with Crippen LogP contribution in [0.15, 0.2) is 140 Å². The van der Waals surface area contributed by atoms with E-state index in [4.69, 9.17) is 19.7 Å². The fraction of sp³-hybridized carbons (Fsp3) is 0.192. The van der Waals surface area contributed by atoms with Crippen LogP contribution in [0.5, 0.6) is 11.5 Å². The summed E-state index contributed by atoms with van der Waals surface area (Å²) in [5, 5.41) is 18.1. The first-order valence-corrected chi connectivity index (χ1v) is 19.8. The second-order valence-electron chi connectivity index (χ2n) is 14.8. The Hall–Kier alpha value is -6.66. The van der Waals surface area contributed by atoms with Crippen LogP contribution in [0.1, 0.15) is 82.8 Å². The number of fused-ring (bicyclic) bond motifs is 2. The largest absolute Gasteiger partial charge is 0.497 e. The van der Waals surface area contributed by atoms with E-state index >= 15 is 0 Å². The van der Waals surface area contributed by atoms with Gasteiger partial charge in [-0.1, -0.05) is 97.1 Å². The van der Waals surface area contributed by atoms with Gasteiger partial charge in [0.05, 0.1) is 25.3 Å². The maximum absolute atomic E-state index is 11.0. The number of rotatable bonds is 13. The zero-order valence-corrected chi connectivity index (χ0v) is 33.0. The molecule has 0 radical (unpaired) electrons. The second kappa shape index (κ2) is 18.5. The van der Waals surface area contributed by atoms with Gasteiger partial charge in [0.1, 0.15) is 11.5 Å². The summed E-state index contributed by atoms with van der Waals surface area (Å²) in [5.41, 5.74) is 16.6. The molecule has 0 amide bonds. The van der Waals surface area contributed by atoms with Gasteiger partial charge in [0, 0.05) is 0 Å². The van der Waals surface area contributed by atoms with Crippen LogP contribution in [0.25, 0.3) is 17.2 Å². The molecule has 0 atom stereocenters. The zero-order chi connectivity index (χ0) is 40.4. The number of methoxy groups -OCH3 is 2. The Morgan fingerprint density at radius 2 is 1.05 bits per heavy atom. The van der Waals surface area contributed by atoms with Gasteiger partial charge in [-0.05, 0) is 167 Å². The minimum absolute atomic E-state index is 0.332. The standard InChI is InChI=1S/2C26H24O3/c2*1-29-24-15-8-19(9-16-24)17-23-14-13-21-4-2-3-20(25(21)23)10-5-18-6-11-22(12-7-18)26(27)28/h2-4,6-9,11-12,15-17H,5,10,13-14H2,1H3,(H,27,28);2-4,6-9,11-12,14-16H,5,10,13,17H2,1H3,(H,27,28). The van der Waals surface area contributed by atoms with Crippen LogP contribution in [0, 0.1) is 0 Å². The summed E-state index contributed by atoms with van der Waals surface area (Å²) in [7, 11) is 3.37. The predicted molar refractivity (Wildman–Crippen MR) is 232 cm³/mol. The second-order valence-corrected chi connectivity index (χ2v) is 14.8. The average molecular weight is 769 g/mol. The Bertz CT molecular complexity index is 2440. The third-order valence-electron chi connectivity index (χ3n) is 11.1. The summed E-state index contributed by atoms with van der Waals surface area (Å²) < 4.78 is 10.5. The van der Waals surface area contributed by atoms with Crippen molar-refractivity contribution < 1.29 is 29.3 Å². The number of ether oxygens (including phenoxy) is 2. The van der Waals surface area contributed by atoms with Crippen LogP contribution < -0.4 is 9.47 Å². The number of aryl methyl sites for hydroxylation is 5. The van der Waals surface area contributed by atoms with Gasteiger partial charge < -0.3 is 19.7 Å². The average Bonchev–Trinajstić information content (AvgIpc) is 3.87. The Morgan fingerprint density at radius 3 is 1.59 bits per heavy atom.